The van der Waals surface area contributed by atoms with E-state index in [0.29, 0.717) is 18.4 Å². The van der Waals surface area contributed by atoms with Gasteiger partial charge in [0.15, 0.2) is 0 Å². The first kappa shape index (κ1) is 14.7. The fourth-order valence-corrected chi connectivity index (χ4v) is 0.998. The molecular formula is C12H20O4. The van der Waals surface area contributed by atoms with Crippen LogP contribution in [0.2, 0.25) is 0 Å². The molecule has 0 unspecified atom stereocenters. The van der Waals surface area contributed by atoms with E-state index in [0.717, 1.165) is 0 Å². The summed E-state index contributed by atoms with van der Waals surface area (Å²) in [6, 6.07) is 0. The molecule has 0 fully saturated rings. The van der Waals surface area contributed by atoms with Gasteiger partial charge < -0.3 is 9.47 Å². The number of carbonyl (C=O) groups excluding carboxylic acids is 2. The number of hydrogen-bond donors (Lipinski definition) is 0. The summed E-state index contributed by atoms with van der Waals surface area (Å²) in [7, 11) is 0. The van der Waals surface area contributed by atoms with Gasteiger partial charge in [0.2, 0.25) is 0 Å². The van der Waals surface area contributed by atoms with E-state index >= 15 is 0 Å². The molecule has 0 N–H and O–H groups in total. The Bertz CT molecular complexity index is 266. The van der Waals surface area contributed by atoms with E-state index in [4.69, 9.17) is 9.47 Å². The highest BCUT2D eigenvalue weighted by Crippen LogP contribution is 2.04. The Labute approximate surface area is 96.6 Å². The minimum Gasteiger partial charge on any atom is -0.461 e. The Morgan fingerprint density at radius 1 is 1.25 bits per heavy atom. The van der Waals surface area contributed by atoms with Crippen molar-refractivity contribution in [2.24, 2.45) is 0 Å². The van der Waals surface area contributed by atoms with Gasteiger partial charge in [-0.3, -0.25) is 4.79 Å². The standard InChI is InChI=1S/C12H20O4/c1-5-7-10(8-15-11(13)6-2)12(14)16-9(3)4/h7,9H,5-6,8H2,1-4H3. The summed E-state index contributed by atoms with van der Waals surface area (Å²) in [6.07, 6.45) is 2.55. The van der Waals surface area contributed by atoms with E-state index in [1.54, 1.807) is 26.8 Å². The van der Waals surface area contributed by atoms with Crippen molar-refractivity contribution in [3.05, 3.63) is 11.6 Å². The lowest BCUT2D eigenvalue weighted by Crippen LogP contribution is -2.18. The first-order valence-electron chi connectivity index (χ1n) is 5.56. The molecule has 0 aliphatic carbocycles. The van der Waals surface area contributed by atoms with Gasteiger partial charge >= 0.3 is 11.9 Å². The van der Waals surface area contributed by atoms with Crippen LogP contribution in [0, 0.1) is 0 Å². The molecule has 92 valence electrons. The third-order valence-corrected chi connectivity index (χ3v) is 1.73. The van der Waals surface area contributed by atoms with Crippen molar-refractivity contribution in [1.29, 1.82) is 0 Å². The van der Waals surface area contributed by atoms with Crippen LogP contribution >= 0.6 is 0 Å². The third-order valence-electron chi connectivity index (χ3n) is 1.73. The van der Waals surface area contributed by atoms with Gasteiger partial charge in [-0.25, -0.2) is 4.79 Å². The summed E-state index contributed by atoms with van der Waals surface area (Å²) < 4.78 is 9.93. The molecule has 0 saturated heterocycles. The number of rotatable bonds is 6. The van der Waals surface area contributed by atoms with E-state index in [2.05, 4.69) is 0 Å². The van der Waals surface area contributed by atoms with Crippen molar-refractivity contribution in [1.82, 2.24) is 0 Å². The predicted molar refractivity (Wildman–Crippen MR) is 60.9 cm³/mol. The molecule has 0 rings (SSSR count). The smallest absolute Gasteiger partial charge is 0.337 e. The summed E-state index contributed by atoms with van der Waals surface area (Å²) in [5, 5.41) is 0. The number of ether oxygens (including phenoxy) is 2. The molecule has 0 saturated carbocycles. The zero-order valence-electron chi connectivity index (χ0n) is 10.4. The first-order chi connectivity index (χ1) is 7.51. The van der Waals surface area contributed by atoms with Crippen LogP contribution in [0.15, 0.2) is 11.6 Å². The molecule has 0 heterocycles. The minimum absolute atomic E-state index is 0.00787. The largest absolute Gasteiger partial charge is 0.461 e. The second-order valence-corrected chi connectivity index (χ2v) is 3.61. The van der Waals surface area contributed by atoms with Gasteiger partial charge in [-0.15, -0.1) is 0 Å². The van der Waals surface area contributed by atoms with Gasteiger partial charge in [-0.2, -0.15) is 0 Å². The highest BCUT2D eigenvalue weighted by molar-refractivity contribution is 5.89. The Hall–Kier alpha value is -1.32. The normalized spacial score (nSPS) is 11.4. The Kier molecular flexibility index (Phi) is 7.25. The van der Waals surface area contributed by atoms with E-state index in [-0.39, 0.29) is 18.7 Å². The summed E-state index contributed by atoms with van der Waals surface area (Å²) in [5.74, 6) is -0.736. The molecule has 4 heteroatoms. The fraction of sp³-hybridized carbons (Fsp3) is 0.667. The molecular weight excluding hydrogens is 208 g/mol. The molecule has 0 atom stereocenters. The van der Waals surface area contributed by atoms with Gasteiger partial charge in [0, 0.05) is 6.42 Å². The summed E-state index contributed by atoms with van der Waals surface area (Å²) in [5.41, 5.74) is 0.401. The van der Waals surface area contributed by atoms with Crippen molar-refractivity contribution in [2.75, 3.05) is 6.61 Å². The van der Waals surface area contributed by atoms with Gasteiger partial charge in [0.1, 0.15) is 6.61 Å². The summed E-state index contributed by atoms with van der Waals surface area (Å²) in [4.78, 5) is 22.5. The topological polar surface area (TPSA) is 52.6 Å². The SMILES string of the molecule is CCC=C(COC(=O)CC)C(=O)OC(C)C. The Morgan fingerprint density at radius 2 is 1.88 bits per heavy atom. The molecule has 0 amide bonds. The molecule has 0 radical (unpaired) electrons. The van der Waals surface area contributed by atoms with Gasteiger partial charge in [-0.1, -0.05) is 19.9 Å². The molecule has 0 spiro atoms. The highest BCUT2D eigenvalue weighted by atomic mass is 16.6. The quantitative estimate of drug-likeness (QED) is 0.516. The van der Waals surface area contributed by atoms with Crippen molar-refractivity contribution < 1.29 is 19.1 Å². The molecule has 0 aromatic carbocycles. The summed E-state index contributed by atoms with van der Waals surface area (Å²) >= 11 is 0. The Balaban J connectivity index is 4.33. The fourth-order valence-electron chi connectivity index (χ4n) is 0.998. The first-order valence-corrected chi connectivity index (χ1v) is 5.56. The average molecular weight is 228 g/mol. The molecule has 0 aromatic heterocycles. The molecule has 16 heavy (non-hydrogen) atoms. The lowest BCUT2D eigenvalue weighted by molar-refractivity contribution is -0.146. The van der Waals surface area contributed by atoms with E-state index < -0.39 is 5.97 Å². The van der Waals surface area contributed by atoms with Crippen LogP contribution in [-0.2, 0) is 19.1 Å². The number of esters is 2. The van der Waals surface area contributed by atoms with Gasteiger partial charge in [0.25, 0.3) is 0 Å². The van der Waals surface area contributed by atoms with Crippen LogP contribution in [0.4, 0.5) is 0 Å². The van der Waals surface area contributed by atoms with Crippen molar-refractivity contribution >= 4 is 11.9 Å². The zero-order valence-corrected chi connectivity index (χ0v) is 10.4. The predicted octanol–water partition coefficient (Wildman–Crippen LogP) is 2.23. The highest BCUT2D eigenvalue weighted by Gasteiger charge is 2.14. The maximum Gasteiger partial charge on any atom is 0.337 e. The van der Waals surface area contributed by atoms with Crippen molar-refractivity contribution in [3.63, 3.8) is 0 Å². The molecule has 0 aliphatic heterocycles. The second kappa shape index (κ2) is 7.91. The van der Waals surface area contributed by atoms with E-state index in [9.17, 15) is 9.59 Å². The zero-order chi connectivity index (χ0) is 12.6. The number of allylic oxidation sites excluding steroid dienone is 1. The maximum absolute atomic E-state index is 11.6. The van der Waals surface area contributed by atoms with Crippen molar-refractivity contribution in [3.8, 4) is 0 Å². The van der Waals surface area contributed by atoms with Crippen LogP contribution in [0.1, 0.15) is 40.5 Å². The van der Waals surface area contributed by atoms with Crippen LogP contribution in [-0.4, -0.2) is 24.6 Å². The summed E-state index contributed by atoms with van der Waals surface area (Å²) in [6.45, 7) is 7.16. The van der Waals surface area contributed by atoms with Crippen LogP contribution in [0.25, 0.3) is 0 Å². The van der Waals surface area contributed by atoms with Crippen molar-refractivity contribution in [2.45, 2.75) is 46.6 Å². The molecule has 0 aliphatic rings. The van der Waals surface area contributed by atoms with Gasteiger partial charge in [0.05, 0.1) is 11.7 Å². The molecule has 0 aromatic rings. The molecule has 0 bridgehead atoms. The lowest BCUT2D eigenvalue weighted by atomic mass is 10.2. The van der Waals surface area contributed by atoms with Crippen LogP contribution < -0.4 is 0 Å². The maximum atomic E-state index is 11.6. The second-order valence-electron chi connectivity index (χ2n) is 3.61. The Morgan fingerprint density at radius 3 is 2.31 bits per heavy atom. The lowest BCUT2D eigenvalue weighted by Gasteiger charge is -2.11. The number of carbonyl (C=O) groups is 2. The molecule has 4 nitrogen and oxygen atoms in total. The number of hydrogen-bond acceptors (Lipinski definition) is 4. The monoisotopic (exact) mass is 228 g/mol. The average Bonchev–Trinajstić information content (AvgIpc) is 2.22. The van der Waals surface area contributed by atoms with E-state index in [1.165, 1.54) is 0 Å². The van der Waals surface area contributed by atoms with E-state index in [1.807, 2.05) is 6.92 Å². The van der Waals surface area contributed by atoms with Gasteiger partial charge in [-0.05, 0) is 20.3 Å². The minimum atomic E-state index is -0.416. The van der Waals surface area contributed by atoms with Crippen LogP contribution in [0.5, 0.6) is 0 Å². The van der Waals surface area contributed by atoms with Crippen LogP contribution in [0.3, 0.4) is 0 Å². The third kappa shape index (κ3) is 6.22.